The number of amides is 2. The topological polar surface area (TPSA) is 95.5 Å². The summed E-state index contributed by atoms with van der Waals surface area (Å²) in [6.45, 7) is 2.53. The van der Waals surface area contributed by atoms with Crippen LogP contribution < -0.4 is 10.6 Å². The minimum absolute atomic E-state index is 0.252. The largest absolute Gasteiger partial charge is 0.480 e. The molecule has 0 aliphatic carbocycles. The molecule has 3 N–H and O–H groups in total. The Morgan fingerprint density at radius 2 is 1.95 bits per heavy atom. The zero-order valence-corrected chi connectivity index (χ0v) is 10.4. The zero-order chi connectivity index (χ0) is 14.6. The van der Waals surface area contributed by atoms with Gasteiger partial charge in [-0.15, -0.1) is 0 Å². The van der Waals surface area contributed by atoms with E-state index in [1.165, 1.54) is 19.9 Å². The summed E-state index contributed by atoms with van der Waals surface area (Å²) in [6.07, 6.45) is 0. The van der Waals surface area contributed by atoms with Crippen molar-refractivity contribution < 1.29 is 23.9 Å². The van der Waals surface area contributed by atoms with Crippen LogP contribution in [0.15, 0.2) is 18.2 Å². The Morgan fingerprint density at radius 1 is 1.32 bits per heavy atom. The van der Waals surface area contributed by atoms with Crippen LogP contribution in [0, 0.1) is 5.82 Å². The standard InChI is InChI=1S/C12H13FN2O4/c1-6(12(18)19)14-11(17)9-5-8(15-7(2)16)3-4-10(9)13/h3-6H,1-2H3,(H,14,17)(H,15,16)(H,18,19)/t6-/m1/s1. The highest BCUT2D eigenvalue weighted by molar-refractivity contribution is 5.98. The van der Waals surface area contributed by atoms with Crippen LogP contribution in [0.3, 0.4) is 0 Å². The van der Waals surface area contributed by atoms with E-state index >= 15 is 0 Å². The molecule has 1 aromatic rings. The number of benzene rings is 1. The highest BCUT2D eigenvalue weighted by Gasteiger charge is 2.18. The average molecular weight is 268 g/mol. The van der Waals surface area contributed by atoms with Crippen molar-refractivity contribution in [2.45, 2.75) is 19.9 Å². The number of carboxylic acids is 1. The minimum atomic E-state index is -1.23. The van der Waals surface area contributed by atoms with Crippen LogP contribution in [0.25, 0.3) is 0 Å². The number of halogens is 1. The number of hydrogen-bond donors (Lipinski definition) is 3. The van der Waals surface area contributed by atoms with Crippen molar-refractivity contribution in [2.75, 3.05) is 5.32 Å². The first-order valence-corrected chi connectivity index (χ1v) is 5.42. The normalized spacial score (nSPS) is 11.5. The number of anilines is 1. The number of carboxylic acid groups (broad SMARTS) is 1. The molecule has 0 fully saturated rings. The smallest absolute Gasteiger partial charge is 0.325 e. The Bertz CT molecular complexity index is 530. The van der Waals surface area contributed by atoms with Crippen molar-refractivity contribution in [1.82, 2.24) is 5.32 Å². The van der Waals surface area contributed by atoms with Crippen molar-refractivity contribution in [3.8, 4) is 0 Å². The second kappa shape index (κ2) is 5.94. The van der Waals surface area contributed by atoms with Gasteiger partial charge in [-0.25, -0.2) is 4.39 Å². The van der Waals surface area contributed by atoms with Gasteiger partial charge in [0, 0.05) is 12.6 Å². The zero-order valence-electron chi connectivity index (χ0n) is 10.4. The van der Waals surface area contributed by atoms with Gasteiger partial charge in [0.05, 0.1) is 5.56 Å². The number of carbonyl (C=O) groups excluding carboxylic acids is 2. The molecule has 19 heavy (non-hydrogen) atoms. The van der Waals surface area contributed by atoms with Crippen LogP contribution in [0.4, 0.5) is 10.1 Å². The quantitative estimate of drug-likeness (QED) is 0.758. The number of hydrogen-bond acceptors (Lipinski definition) is 3. The van der Waals surface area contributed by atoms with Crippen LogP contribution in [0.5, 0.6) is 0 Å². The summed E-state index contributed by atoms with van der Waals surface area (Å²) in [7, 11) is 0. The lowest BCUT2D eigenvalue weighted by atomic mass is 10.1. The molecule has 2 amide bonds. The van der Waals surface area contributed by atoms with Crippen molar-refractivity contribution in [3.05, 3.63) is 29.6 Å². The third-order valence-electron chi connectivity index (χ3n) is 2.25. The van der Waals surface area contributed by atoms with Crippen molar-refractivity contribution in [1.29, 1.82) is 0 Å². The van der Waals surface area contributed by atoms with E-state index in [1.54, 1.807) is 0 Å². The van der Waals surface area contributed by atoms with E-state index in [1.807, 2.05) is 0 Å². The van der Waals surface area contributed by atoms with Gasteiger partial charge in [-0.3, -0.25) is 14.4 Å². The molecule has 0 saturated heterocycles. The molecule has 0 radical (unpaired) electrons. The van der Waals surface area contributed by atoms with E-state index < -0.39 is 23.7 Å². The summed E-state index contributed by atoms with van der Waals surface area (Å²) in [6, 6.07) is 2.32. The van der Waals surface area contributed by atoms with Crippen molar-refractivity contribution >= 4 is 23.5 Å². The lowest BCUT2D eigenvalue weighted by molar-refractivity contribution is -0.138. The second-order valence-corrected chi connectivity index (χ2v) is 3.91. The first kappa shape index (κ1) is 14.6. The molecule has 0 bridgehead atoms. The van der Waals surface area contributed by atoms with Gasteiger partial charge in [0.1, 0.15) is 11.9 Å². The molecule has 0 aliphatic heterocycles. The van der Waals surface area contributed by atoms with Crippen molar-refractivity contribution in [3.63, 3.8) is 0 Å². The van der Waals surface area contributed by atoms with Gasteiger partial charge in [-0.1, -0.05) is 0 Å². The first-order chi connectivity index (χ1) is 8.81. The van der Waals surface area contributed by atoms with Gasteiger partial charge < -0.3 is 15.7 Å². The Hall–Kier alpha value is -2.44. The minimum Gasteiger partial charge on any atom is -0.480 e. The molecule has 1 atom stereocenters. The van der Waals surface area contributed by atoms with Gasteiger partial charge in [-0.05, 0) is 25.1 Å². The summed E-state index contributed by atoms with van der Waals surface area (Å²) < 4.78 is 13.5. The molecule has 7 heteroatoms. The maximum Gasteiger partial charge on any atom is 0.325 e. The molecule has 6 nitrogen and oxygen atoms in total. The summed E-state index contributed by atoms with van der Waals surface area (Å²) in [5.74, 6) is -3.26. The molecular formula is C12H13FN2O4. The summed E-state index contributed by atoms with van der Waals surface area (Å²) in [4.78, 5) is 33.2. The fourth-order valence-electron chi connectivity index (χ4n) is 1.32. The number of rotatable bonds is 4. The molecule has 0 saturated carbocycles. The van der Waals surface area contributed by atoms with Gasteiger partial charge in [0.2, 0.25) is 5.91 Å². The van der Waals surface area contributed by atoms with Crippen LogP contribution in [0.1, 0.15) is 24.2 Å². The molecule has 0 aromatic heterocycles. The number of nitrogens with one attached hydrogen (secondary N) is 2. The summed E-state index contributed by atoms with van der Waals surface area (Å²) in [5, 5.41) is 13.2. The predicted octanol–water partition coefficient (Wildman–Crippen LogP) is 0.987. The van der Waals surface area contributed by atoms with Gasteiger partial charge in [0.15, 0.2) is 0 Å². The van der Waals surface area contributed by atoms with E-state index in [0.717, 1.165) is 12.1 Å². The molecule has 1 aromatic carbocycles. The average Bonchev–Trinajstić information content (AvgIpc) is 2.30. The predicted molar refractivity (Wildman–Crippen MR) is 65.3 cm³/mol. The summed E-state index contributed by atoms with van der Waals surface area (Å²) in [5.41, 5.74) is -0.0821. The Kier molecular flexibility index (Phi) is 4.57. The lowest BCUT2D eigenvalue weighted by Gasteiger charge is -2.11. The lowest BCUT2D eigenvalue weighted by Crippen LogP contribution is -2.38. The maximum absolute atomic E-state index is 13.5. The van der Waals surface area contributed by atoms with Crippen LogP contribution >= 0.6 is 0 Å². The first-order valence-electron chi connectivity index (χ1n) is 5.42. The maximum atomic E-state index is 13.5. The van der Waals surface area contributed by atoms with Gasteiger partial charge in [-0.2, -0.15) is 0 Å². The van der Waals surface area contributed by atoms with Crippen LogP contribution in [0.2, 0.25) is 0 Å². The van der Waals surface area contributed by atoms with E-state index in [4.69, 9.17) is 5.11 Å². The third-order valence-corrected chi connectivity index (χ3v) is 2.25. The van der Waals surface area contributed by atoms with Crippen molar-refractivity contribution in [2.24, 2.45) is 0 Å². The fraction of sp³-hybridized carbons (Fsp3) is 0.250. The molecule has 0 spiro atoms. The Labute approximate surface area is 108 Å². The highest BCUT2D eigenvalue weighted by Crippen LogP contribution is 2.15. The van der Waals surface area contributed by atoms with Crippen LogP contribution in [-0.2, 0) is 9.59 Å². The SMILES string of the molecule is CC(=O)Nc1ccc(F)c(C(=O)N[C@H](C)C(=O)O)c1. The number of aliphatic carboxylic acids is 1. The molecule has 0 unspecified atom stereocenters. The highest BCUT2D eigenvalue weighted by atomic mass is 19.1. The molecule has 0 aliphatic rings. The second-order valence-electron chi connectivity index (χ2n) is 3.91. The van der Waals surface area contributed by atoms with E-state index in [2.05, 4.69) is 10.6 Å². The van der Waals surface area contributed by atoms with Gasteiger partial charge in [0.25, 0.3) is 5.91 Å². The van der Waals surface area contributed by atoms with E-state index in [-0.39, 0.29) is 17.2 Å². The van der Waals surface area contributed by atoms with Gasteiger partial charge >= 0.3 is 5.97 Å². The third kappa shape index (κ3) is 4.06. The molecule has 1 rings (SSSR count). The summed E-state index contributed by atoms with van der Waals surface area (Å²) >= 11 is 0. The molecule has 102 valence electrons. The molecule has 0 heterocycles. The van der Waals surface area contributed by atoms with Crippen LogP contribution in [-0.4, -0.2) is 28.9 Å². The monoisotopic (exact) mass is 268 g/mol. The Morgan fingerprint density at radius 3 is 2.47 bits per heavy atom. The van der Waals surface area contributed by atoms with E-state index in [9.17, 15) is 18.8 Å². The molecular weight excluding hydrogens is 255 g/mol. The van der Waals surface area contributed by atoms with E-state index in [0.29, 0.717) is 0 Å². The fourth-order valence-corrected chi connectivity index (χ4v) is 1.32. The number of carbonyl (C=O) groups is 3. The Balaban J connectivity index is 2.95.